The van der Waals surface area contributed by atoms with Crippen molar-refractivity contribution < 1.29 is 14.3 Å². The molecule has 0 radical (unpaired) electrons. The van der Waals surface area contributed by atoms with Crippen LogP contribution in [0.25, 0.3) is 22.6 Å². The van der Waals surface area contributed by atoms with Crippen LogP contribution in [-0.2, 0) is 0 Å². The minimum Gasteiger partial charge on any atom is -0.504 e. The summed E-state index contributed by atoms with van der Waals surface area (Å²) in [7, 11) is 1.52. The first-order valence-corrected chi connectivity index (χ1v) is 8.52. The van der Waals surface area contributed by atoms with Crippen molar-refractivity contribution in [1.82, 2.24) is 4.98 Å². The number of benzene rings is 3. The zero-order valence-corrected chi connectivity index (χ0v) is 15.0. The summed E-state index contributed by atoms with van der Waals surface area (Å²) >= 11 is 0. The largest absolute Gasteiger partial charge is 0.504 e. The maximum Gasteiger partial charge on any atom is 0.227 e. The Morgan fingerprint density at radius 3 is 2.70 bits per heavy atom. The number of nitrogens with zero attached hydrogens (tertiary/aromatic N) is 2. The summed E-state index contributed by atoms with van der Waals surface area (Å²) in [6.45, 7) is 2.01. The number of phenols is 1. The fraction of sp³-hybridized carbons (Fsp3) is 0.0909. The number of fused-ring (bicyclic) bond motifs is 1. The molecule has 0 fully saturated rings. The van der Waals surface area contributed by atoms with Crippen LogP contribution in [0.4, 0.5) is 5.69 Å². The highest BCUT2D eigenvalue weighted by molar-refractivity contribution is 5.87. The highest BCUT2D eigenvalue weighted by Gasteiger charge is 2.10. The van der Waals surface area contributed by atoms with Crippen LogP contribution < -0.4 is 4.74 Å². The van der Waals surface area contributed by atoms with Gasteiger partial charge < -0.3 is 14.3 Å². The van der Waals surface area contributed by atoms with Gasteiger partial charge in [-0.1, -0.05) is 24.3 Å². The number of rotatable bonds is 4. The number of aryl methyl sites for hydroxylation is 1. The lowest BCUT2D eigenvalue weighted by Gasteiger charge is -2.05. The van der Waals surface area contributed by atoms with Crippen LogP contribution in [0, 0.1) is 6.92 Å². The van der Waals surface area contributed by atoms with Gasteiger partial charge in [0.15, 0.2) is 17.1 Å². The van der Waals surface area contributed by atoms with Gasteiger partial charge in [0.05, 0.1) is 12.8 Å². The number of phenolic OH excluding ortho intramolecular Hbond substituents is 1. The van der Waals surface area contributed by atoms with Crippen molar-refractivity contribution in [2.45, 2.75) is 6.92 Å². The van der Waals surface area contributed by atoms with E-state index < -0.39 is 0 Å². The van der Waals surface area contributed by atoms with Crippen molar-refractivity contribution in [3.8, 4) is 23.0 Å². The third-order valence-electron chi connectivity index (χ3n) is 4.32. The highest BCUT2D eigenvalue weighted by Crippen LogP contribution is 2.30. The Morgan fingerprint density at radius 2 is 1.89 bits per heavy atom. The van der Waals surface area contributed by atoms with Crippen molar-refractivity contribution in [2.75, 3.05) is 7.11 Å². The molecule has 0 spiro atoms. The Hall–Kier alpha value is -3.60. The molecular weight excluding hydrogens is 340 g/mol. The van der Waals surface area contributed by atoms with E-state index in [9.17, 15) is 5.11 Å². The standard InChI is InChI=1S/C22H18N2O3/c1-14-6-3-10-18-20(14)24-22(27-18)15-7-4-9-17(12-15)23-13-16-8-5-11-19(26-2)21(16)25/h3-13,25H,1-2H3. The van der Waals surface area contributed by atoms with E-state index in [4.69, 9.17) is 9.15 Å². The van der Waals surface area contributed by atoms with Crippen LogP contribution in [0.5, 0.6) is 11.5 Å². The quantitative estimate of drug-likeness (QED) is 0.505. The second-order valence-corrected chi connectivity index (χ2v) is 6.15. The molecule has 134 valence electrons. The smallest absolute Gasteiger partial charge is 0.227 e. The monoisotopic (exact) mass is 358 g/mol. The summed E-state index contributed by atoms with van der Waals surface area (Å²) < 4.78 is 11.0. The van der Waals surface area contributed by atoms with Crippen LogP contribution >= 0.6 is 0 Å². The lowest BCUT2D eigenvalue weighted by atomic mass is 10.2. The zero-order valence-electron chi connectivity index (χ0n) is 15.0. The molecule has 0 amide bonds. The third-order valence-corrected chi connectivity index (χ3v) is 4.32. The Balaban J connectivity index is 1.67. The molecule has 1 heterocycles. The van der Waals surface area contributed by atoms with Gasteiger partial charge in [-0.15, -0.1) is 0 Å². The summed E-state index contributed by atoms with van der Waals surface area (Å²) in [6.07, 6.45) is 1.60. The molecule has 0 bridgehead atoms. The topological polar surface area (TPSA) is 67.9 Å². The number of aromatic hydroxyl groups is 1. The predicted molar refractivity (Wildman–Crippen MR) is 106 cm³/mol. The normalized spacial score (nSPS) is 11.3. The molecule has 27 heavy (non-hydrogen) atoms. The lowest BCUT2D eigenvalue weighted by molar-refractivity contribution is 0.373. The molecule has 1 aromatic heterocycles. The van der Waals surface area contributed by atoms with Gasteiger partial charge >= 0.3 is 0 Å². The van der Waals surface area contributed by atoms with E-state index in [2.05, 4.69) is 9.98 Å². The van der Waals surface area contributed by atoms with E-state index in [1.165, 1.54) is 7.11 Å². The number of para-hydroxylation sites is 2. The molecule has 0 atom stereocenters. The Labute approximate surface area is 156 Å². The SMILES string of the molecule is COc1cccc(C=Nc2cccc(-c3nc4c(C)cccc4o3)c2)c1O. The van der Waals surface area contributed by atoms with Crippen LogP contribution in [0.15, 0.2) is 70.1 Å². The van der Waals surface area contributed by atoms with Gasteiger partial charge in [-0.25, -0.2) is 4.98 Å². The molecule has 5 nitrogen and oxygen atoms in total. The first-order valence-electron chi connectivity index (χ1n) is 8.52. The molecular formula is C22H18N2O3. The number of hydrogen-bond donors (Lipinski definition) is 1. The van der Waals surface area contributed by atoms with Crippen LogP contribution in [-0.4, -0.2) is 23.4 Å². The molecule has 0 aliphatic rings. The average Bonchev–Trinajstić information content (AvgIpc) is 3.13. The fourth-order valence-electron chi connectivity index (χ4n) is 2.88. The van der Waals surface area contributed by atoms with Gasteiger partial charge in [0.25, 0.3) is 0 Å². The first-order chi connectivity index (χ1) is 13.2. The third kappa shape index (κ3) is 3.27. The number of oxazole rings is 1. The van der Waals surface area contributed by atoms with E-state index in [1.54, 1.807) is 24.4 Å². The van der Waals surface area contributed by atoms with Crippen molar-refractivity contribution >= 4 is 23.0 Å². The molecule has 0 unspecified atom stereocenters. The van der Waals surface area contributed by atoms with Crippen LogP contribution in [0.3, 0.4) is 0 Å². The number of hydrogen-bond acceptors (Lipinski definition) is 5. The Bertz CT molecular complexity index is 1150. The fourth-order valence-corrected chi connectivity index (χ4v) is 2.88. The average molecular weight is 358 g/mol. The van der Waals surface area contributed by atoms with Crippen molar-refractivity contribution in [3.05, 3.63) is 71.8 Å². The van der Waals surface area contributed by atoms with Gasteiger partial charge in [0.1, 0.15) is 5.52 Å². The molecule has 0 saturated carbocycles. The molecule has 4 rings (SSSR count). The first kappa shape index (κ1) is 16.8. The maximum absolute atomic E-state index is 10.2. The summed E-state index contributed by atoms with van der Waals surface area (Å²) in [6, 6.07) is 18.8. The minimum atomic E-state index is 0.0642. The summed E-state index contributed by atoms with van der Waals surface area (Å²) in [5, 5.41) is 10.2. The van der Waals surface area contributed by atoms with Gasteiger partial charge in [0, 0.05) is 17.3 Å². The predicted octanol–water partition coefficient (Wildman–Crippen LogP) is 5.27. The lowest BCUT2D eigenvalue weighted by Crippen LogP contribution is -1.88. The number of aliphatic imine (C=N–C) groups is 1. The van der Waals surface area contributed by atoms with Crippen LogP contribution in [0.1, 0.15) is 11.1 Å². The van der Waals surface area contributed by atoms with E-state index in [-0.39, 0.29) is 5.75 Å². The molecule has 0 saturated heterocycles. The highest BCUT2D eigenvalue weighted by atomic mass is 16.5. The zero-order chi connectivity index (χ0) is 18.8. The van der Waals surface area contributed by atoms with E-state index in [1.807, 2.05) is 49.4 Å². The van der Waals surface area contributed by atoms with Gasteiger partial charge in [0.2, 0.25) is 5.89 Å². The molecule has 0 aliphatic heterocycles. The van der Waals surface area contributed by atoms with E-state index in [0.717, 1.165) is 27.9 Å². The molecule has 4 aromatic rings. The van der Waals surface area contributed by atoms with Crippen molar-refractivity contribution in [3.63, 3.8) is 0 Å². The van der Waals surface area contributed by atoms with E-state index in [0.29, 0.717) is 17.2 Å². The summed E-state index contributed by atoms with van der Waals surface area (Å²) in [4.78, 5) is 9.06. The van der Waals surface area contributed by atoms with Crippen LogP contribution in [0.2, 0.25) is 0 Å². The number of ether oxygens (including phenoxy) is 1. The second kappa shape index (κ2) is 6.96. The second-order valence-electron chi connectivity index (χ2n) is 6.15. The number of methoxy groups -OCH3 is 1. The van der Waals surface area contributed by atoms with Gasteiger partial charge in [-0.2, -0.15) is 0 Å². The molecule has 1 N–H and O–H groups in total. The van der Waals surface area contributed by atoms with Gasteiger partial charge in [-0.3, -0.25) is 4.99 Å². The van der Waals surface area contributed by atoms with Crippen molar-refractivity contribution in [1.29, 1.82) is 0 Å². The molecule has 3 aromatic carbocycles. The Morgan fingerprint density at radius 1 is 1.07 bits per heavy atom. The molecule has 0 aliphatic carbocycles. The van der Waals surface area contributed by atoms with Gasteiger partial charge in [-0.05, 0) is 48.9 Å². The number of aromatic nitrogens is 1. The minimum absolute atomic E-state index is 0.0642. The summed E-state index contributed by atoms with van der Waals surface area (Å²) in [5.41, 5.74) is 4.86. The Kier molecular flexibility index (Phi) is 4.34. The van der Waals surface area contributed by atoms with Crippen molar-refractivity contribution in [2.24, 2.45) is 4.99 Å². The maximum atomic E-state index is 10.2. The summed E-state index contributed by atoms with van der Waals surface area (Å²) in [5.74, 6) is 1.03. The van der Waals surface area contributed by atoms with E-state index >= 15 is 0 Å². The molecule has 5 heteroatoms.